The minimum atomic E-state index is -0.710. The van der Waals surface area contributed by atoms with Crippen molar-refractivity contribution in [2.24, 2.45) is 5.16 Å². The third-order valence-electron chi connectivity index (χ3n) is 5.08. The maximum absolute atomic E-state index is 13.2. The van der Waals surface area contributed by atoms with Crippen molar-refractivity contribution >= 4 is 28.8 Å². The van der Waals surface area contributed by atoms with Crippen LogP contribution in [0.2, 0.25) is 0 Å². The van der Waals surface area contributed by atoms with Gasteiger partial charge >= 0.3 is 5.97 Å². The number of nitro benzene ring substituents is 2. The number of nitrogens with zero attached hydrogens (tertiary/aromatic N) is 3. The minimum absolute atomic E-state index is 0.0653. The Morgan fingerprint density at radius 1 is 0.886 bits per heavy atom. The zero-order valence-corrected chi connectivity index (χ0v) is 18.7. The highest BCUT2D eigenvalue weighted by molar-refractivity contribution is 6.51. The van der Waals surface area contributed by atoms with E-state index in [1.807, 2.05) is 6.92 Å². The Morgan fingerprint density at radius 3 is 2.17 bits per heavy atom. The second kappa shape index (κ2) is 11.4. The number of carbonyl (C=O) groups excluding carboxylic acids is 2. The Kier molecular flexibility index (Phi) is 8.12. The summed E-state index contributed by atoms with van der Waals surface area (Å²) < 4.78 is 0. The third kappa shape index (κ3) is 6.20. The largest absolute Gasteiger partial charge is 0.335 e. The van der Waals surface area contributed by atoms with Gasteiger partial charge in [-0.05, 0) is 18.1 Å². The molecule has 10 heteroatoms. The van der Waals surface area contributed by atoms with Crippen LogP contribution in [0.25, 0.3) is 11.1 Å². The van der Waals surface area contributed by atoms with Crippen LogP contribution < -0.4 is 0 Å². The number of oxime groups is 1. The Labute approximate surface area is 200 Å². The summed E-state index contributed by atoms with van der Waals surface area (Å²) >= 11 is 0. The molecule has 0 amide bonds. The van der Waals surface area contributed by atoms with E-state index in [1.54, 1.807) is 30.3 Å². The number of nitro groups is 2. The second-order valence-electron chi connectivity index (χ2n) is 7.49. The molecule has 0 saturated heterocycles. The van der Waals surface area contributed by atoms with Gasteiger partial charge in [0.2, 0.25) is 5.78 Å². The molecule has 0 N–H and O–H groups in total. The van der Waals surface area contributed by atoms with Crippen LogP contribution in [0.4, 0.5) is 11.4 Å². The van der Waals surface area contributed by atoms with Crippen molar-refractivity contribution in [3.8, 4) is 11.1 Å². The molecule has 3 aromatic carbocycles. The van der Waals surface area contributed by atoms with Gasteiger partial charge in [0.15, 0.2) is 5.71 Å². The van der Waals surface area contributed by atoms with Crippen molar-refractivity contribution in [3.05, 3.63) is 104 Å². The van der Waals surface area contributed by atoms with E-state index < -0.39 is 33.0 Å². The van der Waals surface area contributed by atoms with Crippen LogP contribution in [0, 0.1) is 20.2 Å². The predicted octanol–water partition coefficient (Wildman–Crippen LogP) is 5.49. The normalized spacial score (nSPS) is 11.1. The Morgan fingerprint density at radius 2 is 1.57 bits per heavy atom. The Balaban J connectivity index is 1.93. The van der Waals surface area contributed by atoms with Crippen molar-refractivity contribution in [3.63, 3.8) is 0 Å². The van der Waals surface area contributed by atoms with Gasteiger partial charge in [0.1, 0.15) is 0 Å². The first-order valence-electron chi connectivity index (χ1n) is 10.7. The number of benzene rings is 3. The molecule has 0 heterocycles. The van der Waals surface area contributed by atoms with E-state index in [0.717, 1.165) is 12.5 Å². The van der Waals surface area contributed by atoms with Gasteiger partial charge in [-0.3, -0.25) is 25.0 Å². The number of ketones is 1. The van der Waals surface area contributed by atoms with Crippen LogP contribution in [0.15, 0.2) is 78.0 Å². The Hall–Kier alpha value is -4.73. The van der Waals surface area contributed by atoms with Crippen molar-refractivity contribution in [2.75, 3.05) is 0 Å². The molecule has 3 aromatic rings. The molecule has 0 saturated carbocycles. The zero-order valence-electron chi connectivity index (χ0n) is 18.7. The van der Waals surface area contributed by atoms with Crippen LogP contribution in [0.3, 0.4) is 0 Å². The van der Waals surface area contributed by atoms with Gasteiger partial charge < -0.3 is 4.84 Å². The number of Topliss-reactive ketones (excluding diaryl/α,β-unsaturated/α-hetero) is 1. The highest BCUT2D eigenvalue weighted by Crippen LogP contribution is 2.33. The van der Waals surface area contributed by atoms with Crippen molar-refractivity contribution in [2.45, 2.75) is 26.2 Å². The average Bonchev–Trinajstić information content (AvgIpc) is 2.87. The van der Waals surface area contributed by atoms with E-state index in [1.165, 1.54) is 36.4 Å². The summed E-state index contributed by atoms with van der Waals surface area (Å²) in [5, 5.41) is 26.3. The molecule has 0 unspecified atom stereocenters. The SMILES string of the molecule is CCCCC(=O)O/N=C(\C(=O)c1ccc(-c2ccc([N+](=O)[O-])cc2[N+](=O)[O-])cc1)c1ccccc1. The number of hydrogen-bond donors (Lipinski definition) is 0. The smallest absolute Gasteiger partial charge is 0.318 e. The van der Waals surface area contributed by atoms with Gasteiger partial charge in [-0.1, -0.05) is 73.1 Å². The lowest BCUT2D eigenvalue weighted by Crippen LogP contribution is -2.17. The molecule has 10 nitrogen and oxygen atoms in total. The lowest BCUT2D eigenvalue weighted by atomic mass is 9.97. The van der Waals surface area contributed by atoms with E-state index in [-0.39, 0.29) is 23.3 Å². The molecule has 0 fully saturated rings. The standard InChI is InChI=1S/C25H21N3O7/c1-2-3-9-23(29)35-26-24(18-7-5-4-6-8-18)25(30)19-12-10-17(11-13-19)21-15-14-20(27(31)32)16-22(21)28(33)34/h4-8,10-16H,2-3,9H2,1H3/b26-24-. The topological polar surface area (TPSA) is 142 Å². The first-order valence-corrected chi connectivity index (χ1v) is 10.7. The number of rotatable bonds is 10. The first kappa shape index (κ1) is 24.9. The van der Waals surface area contributed by atoms with Gasteiger partial charge in [-0.25, -0.2) is 4.79 Å². The van der Waals surface area contributed by atoms with Crippen LogP contribution >= 0.6 is 0 Å². The molecular formula is C25H21N3O7. The average molecular weight is 475 g/mol. The highest BCUT2D eigenvalue weighted by Gasteiger charge is 2.22. The first-order chi connectivity index (χ1) is 16.8. The quantitative estimate of drug-likeness (QED) is 0.124. The molecule has 0 aliphatic rings. The lowest BCUT2D eigenvalue weighted by Gasteiger charge is -2.08. The summed E-state index contributed by atoms with van der Waals surface area (Å²) in [6.07, 6.45) is 1.63. The minimum Gasteiger partial charge on any atom is -0.318 e. The molecule has 0 radical (unpaired) electrons. The third-order valence-corrected chi connectivity index (χ3v) is 5.08. The molecule has 0 aromatic heterocycles. The number of unbranched alkanes of at least 4 members (excludes halogenated alkanes) is 1. The maximum Gasteiger partial charge on any atom is 0.335 e. The van der Waals surface area contributed by atoms with Gasteiger partial charge in [0.25, 0.3) is 11.4 Å². The number of hydrogen-bond acceptors (Lipinski definition) is 8. The fourth-order valence-corrected chi connectivity index (χ4v) is 3.25. The van der Waals surface area contributed by atoms with Crippen molar-refractivity contribution in [1.29, 1.82) is 0 Å². The summed E-state index contributed by atoms with van der Waals surface area (Å²) in [5.74, 6) is -1.06. The molecule has 0 spiro atoms. The molecule has 35 heavy (non-hydrogen) atoms. The molecule has 0 aliphatic carbocycles. The molecule has 178 valence electrons. The number of carbonyl (C=O) groups is 2. The monoisotopic (exact) mass is 475 g/mol. The second-order valence-corrected chi connectivity index (χ2v) is 7.49. The molecule has 0 bridgehead atoms. The van der Waals surface area contributed by atoms with E-state index in [4.69, 9.17) is 4.84 Å². The van der Waals surface area contributed by atoms with Gasteiger partial charge in [-0.2, -0.15) is 0 Å². The van der Waals surface area contributed by atoms with Crippen LogP contribution in [0.1, 0.15) is 42.1 Å². The zero-order chi connectivity index (χ0) is 25.4. The fourth-order valence-electron chi connectivity index (χ4n) is 3.25. The summed E-state index contributed by atoms with van der Waals surface area (Å²) in [6.45, 7) is 1.93. The van der Waals surface area contributed by atoms with E-state index in [2.05, 4.69) is 5.16 Å². The van der Waals surface area contributed by atoms with Gasteiger partial charge in [-0.15, -0.1) is 0 Å². The molecule has 0 aliphatic heterocycles. The van der Waals surface area contributed by atoms with E-state index >= 15 is 0 Å². The van der Waals surface area contributed by atoms with Crippen molar-refractivity contribution in [1.82, 2.24) is 0 Å². The summed E-state index contributed by atoms with van der Waals surface area (Å²) in [4.78, 5) is 51.1. The van der Waals surface area contributed by atoms with Gasteiger partial charge in [0, 0.05) is 23.6 Å². The number of non-ortho nitro benzene ring substituents is 1. The van der Waals surface area contributed by atoms with Gasteiger partial charge in [0.05, 0.1) is 21.5 Å². The Bertz CT molecular complexity index is 1290. The summed E-state index contributed by atoms with van der Waals surface area (Å²) in [5.41, 5.74) is 0.341. The fraction of sp³-hybridized carbons (Fsp3) is 0.160. The van der Waals surface area contributed by atoms with Crippen LogP contribution in [-0.4, -0.2) is 27.3 Å². The van der Waals surface area contributed by atoms with E-state index in [9.17, 15) is 29.8 Å². The predicted molar refractivity (Wildman–Crippen MR) is 128 cm³/mol. The van der Waals surface area contributed by atoms with E-state index in [0.29, 0.717) is 17.5 Å². The van der Waals surface area contributed by atoms with Crippen LogP contribution in [0.5, 0.6) is 0 Å². The highest BCUT2D eigenvalue weighted by atomic mass is 16.7. The lowest BCUT2D eigenvalue weighted by molar-refractivity contribution is -0.393. The summed E-state index contributed by atoms with van der Waals surface area (Å²) in [7, 11) is 0. The molecule has 3 rings (SSSR count). The maximum atomic E-state index is 13.2. The molecular weight excluding hydrogens is 454 g/mol. The van der Waals surface area contributed by atoms with Crippen molar-refractivity contribution < 1.29 is 24.3 Å². The molecule has 0 atom stereocenters. The summed E-state index contributed by atoms with van der Waals surface area (Å²) in [6, 6.07) is 17.8. The van der Waals surface area contributed by atoms with Crippen LogP contribution in [-0.2, 0) is 9.63 Å².